The molecular weight excluding hydrogens is 396 g/mol. The largest absolute Gasteiger partial charge is 0.494 e. The number of nitrogens with zero attached hydrogens (tertiary/aromatic N) is 4. The molecule has 1 aliphatic heterocycles. The first-order valence-corrected chi connectivity index (χ1v) is 10.8. The Morgan fingerprint density at radius 2 is 1.84 bits per heavy atom. The first-order valence-electron chi connectivity index (χ1n) is 10.8. The van der Waals surface area contributed by atoms with Gasteiger partial charge in [0.25, 0.3) is 0 Å². The van der Waals surface area contributed by atoms with Gasteiger partial charge >= 0.3 is 0 Å². The van der Waals surface area contributed by atoms with E-state index in [1.54, 1.807) is 23.4 Å². The molecule has 1 N–H and O–H groups in total. The molecule has 0 spiro atoms. The van der Waals surface area contributed by atoms with Crippen LogP contribution in [0.4, 0.5) is 5.95 Å². The first kappa shape index (κ1) is 22.7. The van der Waals surface area contributed by atoms with E-state index in [4.69, 9.17) is 4.74 Å². The van der Waals surface area contributed by atoms with Crippen LogP contribution in [0.3, 0.4) is 0 Å². The summed E-state index contributed by atoms with van der Waals surface area (Å²) in [6.45, 7) is 4.83. The first-order chi connectivity index (χ1) is 15.1. The number of carbonyl (C=O) groups excluding carboxylic acids is 2. The maximum atomic E-state index is 13.0. The number of aromatic nitrogens is 2. The number of hydrogen-bond donors (Lipinski definition) is 1. The quantitative estimate of drug-likeness (QED) is 0.578. The molecule has 2 heterocycles. The Bertz CT molecular complexity index is 823. The second kappa shape index (κ2) is 11.4. The summed E-state index contributed by atoms with van der Waals surface area (Å²) in [5.41, 5.74) is 1.13. The van der Waals surface area contributed by atoms with Gasteiger partial charge in [-0.1, -0.05) is 12.1 Å². The van der Waals surface area contributed by atoms with Gasteiger partial charge in [0.05, 0.1) is 12.5 Å². The summed E-state index contributed by atoms with van der Waals surface area (Å²) in [4.78, 5) is 36.5. The number of aryl methyl sites for hydroxylation is 1. The van der Waals surface area contributed by atoms with Gasteiger partial charge in [0.1, 0.15) is 18.1 Å². The van der Waals surface area contributed by atoms with Crippen molar-refractivity contribution in [3.63, 3.8) is 0 Å². The fourth-order valence-electron chi connectivity index (χ4n) is 3.80. The molecule has 31 heavy (non-hydrogen) atoms. The average molecular weight is 427 g/mol. The van der Waals surface area contributed by atoms with Gasteiger partial charge in [-0.25, -0.2) is 9.97 Å². The van der Waals surface area contributed by atoms with Gasteiger partial charge in [-0.15, -0.1) is 0 Å². The van der Waals surface area contributed by atoms with Gasteiger partial charge in [-0.3, -0.25) is 4.79 Å². The zero-order valence-corrected chi connectivity index (χ0v) is 17.9. The number of rotatable bonds is 10. The predicted molar refractivity (Wildman–Crippen MR) is 117 cm³/mol. The predicted octanol–water partition coefficient (Wildman–Crippen LogP) is 1.72. The fourth-order valence-corrected chi connectivity index (χ4v) is 3.80. The van der Waals surface area contributed by atoms with Crippen molar-refractivity contribution < 1.29 is 19.4 Å². The molecule has 166 valence electrons. The number of aliphatic hydroxyl groups excluding tert-OH is 1. The Balaban J connectivity index is 1.52. The summed E-state index contributed by atoms with van der Waals surface area (Å²) in [5, 5.41) is 10.2. The van der Waals surface area contributed by atoms with Gasteiger partial charge in [0, 0.05) is 38.6 Å². The van der Waals surface area contributed by atoms with Crippen LogP contribution in [-0.4, -0.2) is 71.1 Å². The molecule has 2 aromatic rings. The number of aliphatic hydroxyl groups is 1. The third-order valence-corrected chi connectivity index (χ3v) is 5.51. The number of benzene rings is 1. The molecule has 0 aliphatic carbocycles. The minimum Gasteiger partial charge on any atom is -0.494 e. The van der Waals surface area contributed by atoms with Crippen LogP contribution < -0.4 is 9.64 Å². The van der Waals surface area contributed by atoms with Crippen molar-refractivity contribution in [1.82, 2.24) is 14.9 Å². The maximum absolute atomic E-state index is 13.0. The molecule has 1 aromatic heterocycles. The Morgan fingerprint density at radius 3 is 2.45 bits per heavy atom. The number of ether oxygens (including phenoxy) is 1. The van der Waals surface area contributed by atoms with Crippen LogP contribution in [0, 0.1) is 5.92 Å². The van der Waals surface area contributed by atoms with Crippen molar-refractivity contribution in [2.45, 2.75) is 32.3 Å². The molecule has 0 unspecified atom stereocenters. The molecule has 3 rings (SSSR count). The van der Waals surface area contributed by atoms with Crippen LogP contribution in [0.15, 0.2) is 42.7 Å². The highest BCUT2D eigenvalue weighted by molar-refractivity contribution is 5.83. The number of aldehydes is 1. The van der Waals surface area contributed by atoms with Crippen molar-refractivity contribution in [2.75, 3.05) is 37.7 Å². The second-order valence-corrected chi connectivity index (χ2v) is 7.56. The summed E-state index contributed by atoms with van der Waals surface area (Å²) in [7, 11) is 0. The van der Waals surface area contributed by atoms with Gasteiger partial charge in [0.2, 0.25) is 11.9 Å². The molecule has 8 nitrogen and oxygen atoms in total. The van der Waals surface area contributed by atoms with Gasteiger partial charge in [-0.2, -0.15) is 0 Å². The topological polar surface area (TPSA) is 95.9 Å². The van der Waals surface area contributed by atoms with Crippen molar-refractivity contribution in [3.05, 3.63) is 48.3 Å². The molecule has 0 radical (unpaired) electrons. The van der Waals surface area contributed by atoms with E-state index in [-0.39, 0.29) is 5.91 Å². The smallest absolute Gasteiger partial charge is 0.228 e. The number of carbonyl (C=O) groups is 2. The zero-order chi connectivity index (χ0) is 22.1. The van der Waals surface area contributed by atoms with Gasteiger partial charge < -0.3 is 24.4 Å². The van der Waals surface area contributed by atoms with E-state index in [1.165, 1.54) is 0 Å². The fraction of sp³-hybridized carbons (Fsp3) is 0.478. The summed E-state index contributed by atoms with van der Waals surface area (Å²) in [6.07, 6.45) is 4.49. The molecule has 1 aliphatic rings. The second-order valence-electron chi connectivity index (χ2n) is 7.56. The Labute approximate surface area is 182 Å². The van der Waals surface area contributed by atoms with Crippen LogP contribution in [-0.2, 0) is 16.0 Å². The molecule has 0 bridgehead atoms. The van der Waals surface area contributed by atoms with E-state index in [9.17, 15) is 14.7 Å². The molecule has 2 atom stereocenters. The van der Waals surface area contributed by atoms with E-state index in [0.29, 0.717) is 57.9 Å². The van der Waals surface area contributed by atoms with Crippen molar-refractivity contribution >= 4 is 18.1 Å². The van der Waals surface area contributed by atoms with Crippen molar-refractivity contribution in [2.24, 2.45) is 5.92 Å². The lowest BCUT2D eigenvalue weighted by Crippen LogP contribution is -2.52. The summed E-state index contributed by atoms with van der Waals surface area (Å²) >= 11 is 0. The van der Waals surface area contributed by atoms with Crippen LogP contribution >= 0.6 is 0 Å². The van der Waals surface area contributed by atoms with Gasteiger partial charge in [0.15, 0.2) is 0 Å². The lowest BCUT2D eigenvalue weighted by molar-refractivity contribution is -0.142. The maximum Gasteiger partial charge on any atom is 0.228 e. The van der Waals surface area contributed by atoms with E-state index < -0.39 is 12.0 Å². The number of hydrogen-bond acceptors (Lipinski definition) is 7. The third kappa shape index (κ3) is 6.24. The highest BCUT2D eigenvalue weighted by Gasteiger charge is 2.32. The molecule has 1 fully saturated rings. The normalized spacial score (nSPS) is 15.9. The summed E-state index contributed by atoms with van der Waals surface area (Å²) in [5.74, 6) is 0.588. The standard InChI is InChI=1S/C23H30N4O4/c1-2-31-19-9-7-18(8-10-19)5-3-6-20(21(29)17-28)22(30)26-13-15-27(16-14-26)23-24-11-4-12-25-23/h4,7-12,17,20-21,29H,2-3,5-6,13-16H2,1H3/t20-,21-/m1/s1. The summed E-state index contributed by atoms with van der Waals surface area (Å²) < 4.78 is 5.45. The van der Waals surface area contributed by atoms with E-state index >= 15 is 0 Å². The zero-order valence-electron chi connectivity index (χ0n) is 17.9. The van der Waals surface area contributed by atoms with Crippen molar-refractivity contribution in [1.29, 1.82) is 0 Å². The molecular formula is C23H30N4O4. The molecule has 1 saturated heterocycles. The Kier molecular flexibility index (Phi) is 8.35. The lowest BCUT2D eigenvalue weighted by Gasteiger charge is -2.36. The molecule has 0 saturated carbocycles. The van der Waals surface area contributed by atoms with Crippen LogP contribution in [0.5, 0.6) is 5.75 Å². The Morgan fingerprint density at radius 1 is 1.16 bits per heavy atom. The van der Waals surface area contributed by atoms with E-state index in [0.717, 1.165) is 17.7 Å². The van der Waals surface area contributed by atoms with Crippen molar-refractivity contribution in [3.8, 4) is 5.75 Å². The van der Waals surface area contributed by atoms with Gasteiger partial charge in [-0.05, 0) is 49.9 Å². The number of amides is 1. The molecule has 8 heteroatoms. The molecule has 1 aromatic carbocycles. The van der Waals surface area contributed by atoms with Crippen LogP contribution in [0.1, 0.15) is 25.3 Å². The number of anilines is 1. The third-order valence-electron chi connectivity index (χ3n) is 5.51. The lowest BCUT2D eigenvalue weighted by atomic mass is 9.93. The van der Waals surface area contributed by atoms with Crippen LogP contribution in [0.2, 0.25) is 0 Å². The van der Waals surface area contributed by atoms with E-state index in [1.807, 2.05) is 36.1 Å². The highest BCUT2D eigenvalue weighted by Crippen LogP contribution is 2.20. The Hall–Kier alpha value is -3.00. The minimum absolute atomic E-state index is 0.167. The number of piperazine rings is 1. The summed E-state index contributed by atoms with van der Waals surface area (Å²) in [6, 6.07) is 9.63. The average Bonchev–Trinajstić information content (AvgIpc) is 2.83. The van der Waals surface area contributed by atoms with Crippen LogP contribution in [0.25, 0.3) is 0 Å². The van der Waals surface area contributed by atoms with E-state index in [2.05, 4.69) is 9.97 Å². The minimum atomic E-state index is -1.29. The molecule has 1 amide bonds. The SMILES string of the molecule is CCOc1ccc(CCC[C@@H](C(=O)N2CCN(c3ncccn3)CC2)[C@H](O)C=O)cc1. The monoisotopic (exact) mass is 426 g/mol. The highest BCUT2D eigenvalue weighted by atomic mass is 16.5.